The fourth-order valence-corrected chi connectivity index (χ4v) is 2.81. The van der Waals surface area contributed by atoms with E-state index in [2.05, 4.69) is 26.1 Å². The third-order valence-electron chi connectivity index (χ3n) is 2.84. The number of benzene rings is 1. The van der Waals surface area contributed by atoms with Crippen molar-refractivity contribution >= 4 is 33.6 Å². The van der Waals surface area contributed by atoms with Gasteiger partial charge in [-0.25, -0.2) is 0 Å². The van der Waals surface area contributed by atoms with Gasteiger partial charge in [-0.2, -0.15) is 18.2 Å². The van der Waals surface area contributed by atoms with Gasteiger partial charge in [0.1, 0.15) is 6.54 Å². The number of amides is 1. The average molecular weight is 424 g/mol. The van der Waals surface area contributed by atoms with Crippen LogP contribution in [0.3, 0.4) is 0 Å². The topological polar surface area (TPSA) is 68.0 Å². The predicted octanol–water partition coefficient (Wildman–Crippen LogP) is 3.80. The van der Waals surface area contributed by atoms with Crippen LogP contribution in [-0.4, -0.2) is 34.0 Å². The first kappa shape index (κ1) is 18.8. The average Bonchev–Trinajstić information content (AvgIpc) is 2.98. The SMILES string of the molecule is CC(SCc1nc(-c2cccc(Br)c2)no1)C(=O)NCC(F)(F)F. The molecule has 0 aliphatic heterocycles. The van der Waals surface area contributed by atoms with E-state index in [1.165, 1.54) is 6.92 Å². The van der Waals surface area contributed by atoms with E-state index >= 15 is 0 Å². The van der Waals surface area contributed by atoms with Gasteiger partial charge in [0.05, 0.1) is 11.0 Å². The summed E-state index contributed by atoms with van der Waals surface area (Å²) >= 11 is 4.46. The van der Waals surface area contributed by atoms with Crippen LogP contribution in [0.2, 0.25) is 0 Å². The van der Waals surface area contributed by atoms with Crippen LogP contribution < -0.4 is 5.32 Å². The van der Waals surface area contributed by atoms with Gasteiger partial charge in [-0.3, -0.25) is 4.79 Å². The lowest BCUT2D eigenvalue weighted by Crippen LogP contribution is -2.38. The minimum atomic E-state index is -4.43. The first-order chi connectivity index (χ1) is 11.2. The monoisotopic (exact) mass is 423 g/mol. The van der Waals surface area contributed by atoms with E-state index in [9.17, 15) is 18.0 Å². The number of carbonyl (C=O) groups excluding carboxylic acids is 1. The van der Waals surface area contributed by atoms with E-state index in [-0.39, 0.29) is 5.75 Å². The van der Waals surface area contributed by atoms with Crippen molar-refractivity contribution in [2.24, 2.45) is 0 Å². The summed E-state index contributed by atoms with van der Waals surface area (Å²) in [6, 6.07) is 7.34. The number of nitrogens with zero attached hydrogens (tertiary/aromatic N) is 2. The number of nitrogens with one attached hydrogen (secondary N) is 1. The van der Waals surface area contributed by atoms with E-state index in [1.54, 1.807) is 0 Å². The highest BCUT2D eigenvalue weighted by Gasteiger charge is 2.28. The lowest BCUT2D eigenvalue weighted by Gasteiger charge is -2.12. The molecule has 0 aliphatic rings. The van der Waals surface area contributed by atoms with Gasteiger partial charge in [0, 0.05) is 10.0 Å². The summed E-state index contributed by atoms with van der Waals surface area (Å²) in [6.45, 7) is 0.173. The van der Waals surface area contributed by atoms with E-state index in [1.807, 2.05) is 29.6 Å². The van der Waals surface area contributed by atoms with Gasteiger partial charge in [0.2, 0.25) is 17.6 Å². The van der Waals surface area contributed by atoms with E-state index in [0.717, 1.165) is 21.8 Å². The molecule has 2 rings (SSSR count). The Hall–Kier alpha value is -1.55. The summed E-state index contributed by atoms with van der Waals surface area (Å²) < 4.78 is 42.2. The Morgan fingerprint density at radius 3 is 2.88 bits per heavy atom. The van der Waals surface area contributed by atoms with Gasteiger partial charge in [0.25, 0.3) is 0 Å². The second-order valence-electron chi connectivity index (χ2n) is 4.81. The smallest absolute Gasteiger partial charge is 0.346 e. The Balaban J connectivity index is 1.87. The summed E-state index contributed by atoms with van der Waals surface area (Å²) in [4.78, 5) is 15.8. The van der Waals surface area contributed by atoms with Crippen LogP contribution in [0.1, 0.15) is 12.8 Å². The Labute approximate surface area is 148 Å². The van der Waals surface area contributed by atoms with Gasteiger partial charge in [-0.1, -0.05) is 33.2 Å². The minimum absolute atomic E-state index is 0.224. The molecule has 1 atom stereocenters. The highest BCUT2D eigenvalue weighted by Crippen LogP contribution is 2.23. The molecule has 10 heteroatoms. The van der Waals surface area contributed by atoms with Gasteiger partial charge in [-0.05, 0) is 19.1 Å². The van der Waals surface area contributed by atoms with Crippen molar-refractivity contribution in [2.45, 2.75) is 24.1 Å². The molecule has 0 aliphatic carbocycles. The number of hydrogen-bond acceptors (Lipinski definition) is 5. The molecule has 1 unspecified atom stereocenters. The molecular formula is C14H13BrF3N3O2S. The van der Waals surface area contributed by atoms with E-state index in [0.29, 0.717) is 11.7 Å². The lowest BCUT2D eigenvalue weighted by atomic mass is 10.2. The third kappa shape index (κ3) is 5.82. The molecule has 2 aromatic rings. The normalized spacial score (nSPS) is 12.9. The van der Waals surface area contributed by atoms with Crippen molar-refractivity contribution in [3.05, 3.63) is 34.6 Å². The number of halogens is 4. The van der Waals surface area contributed by atoms with Gasteiger partial charge < -0.3 is 9.84 Å². The quantitative estimate of drug-likeness (QED) is 0.764. The molecule has 1 amide bonds. The zero-order valence-electron chi connectivity index (χ0n) is 12.4. The predicted molar refractivity (Wildman–Crippen MR) is 87.3 cm³/mol. The van der Waals surface area contributed by atoms with E-state index < -0.39 is 23.9 Å². The summed E-state index contributed by atoms with van der Waals surface area (Å²) in [5.41, 5.74) is 0.764. The number of hydrogen-bond donors (Lipinski definition) is 1. The first-order valence-electron chi connectivity index (χ1n) is 6.79. The molecule has 24 heavy (non-hydrogen) atoms. The van der Waals surface area contributed by atoms with Crippen LogP contribution in [0.5, 0.6) is 0 Å². The van der Waals surface area contributed by atoms with Crippen LogP contribution in [0.4, 0.5) is 13.2 Å². The Morgan fingerprint density at radius 2 is 2.21 bits per heavy atom. The molecule has 5 nitrogen and oxygen atoms in total. The Morgan fingerprint density at radius 1 is 1.46 bits per heavy atom. The molecule has 0 fully saturated rings. The largest absolute Gasteiger partial charge is 0.405 e. The molecule has 0 radical (unpaired) electrons. The van der Waals surface area contributed by atoms with Crippen LogP contribution in [0.25, 0.3) is 11.4 Å². The molecular weight excluding hydrogens is 411 g/mol. The van der Waals surface area contributed by atoms with E-state index in [4.69, 9.17) is 4.52 Å². The number of alkyl halides is 3. The maximum Gasteiger partial charge on any atom is 0.405 e. The Bertz CT molecular complexity index is 709. The molecule has 1 N–H and O–H groups in total. The number of carbonyl (C=O) groups is 1. The van der Waals surface area contributed by atoms with Crippen molar-refractivity contribution in [2.75, 3.05) is 6.54 Å². The van der Waals surface area contributed by atoms with Crippen LogP contribution in [-0.2, 0) is 10.5 Å². The molecule has 0 bridgehead atoms. The summed E-state index contributed by atoms with van der Waals surface area (Å²) in [6.07, 6.45) is -4.43. The Kier molecular flexibility index (Phi) is 6.27. The zero-order valence-corrected chi connectivity index (χ0v) is 14.8. The molecule has 0 saturated carbocycles. The standard InChI is InChI=1S/C14H13BrF3N3O2S/c1-8(13(22)19-7-14(16,17)18)24-6-11-20-12(21-23-11)9-3-2-4-10(15)5-9/h2-5,8H,6-7H2,1H3,(H,19,22). The van der Waals surface area contributed by atoms with Crippen LogP contribution >= 0.6 is 27.7 Å². The molecule has 1 aromatic heterocycles. The molecule has 130 valence electrons. The van der Waals surface area contributed by atoms with Gasteiger partial charge >= 0.3 is 6.18 Å². The van der Waals surface area contributed by atoms with Gasteiger partial charge in [-0.15, -0.1) is 11.8 Å². The zero-order chi connectivity index (χ0) is 17.7. The highest BCUT2D eigenvalue weighted by atomic mass is 79.9. The van der Waals surface area contributed by atoms with Crippen molar-refractivity contribution in [3.8, 4) is 11.4 Å². The summed E-state index contributed by atoms with van der Waals surface area (Å²) in [5, 5.41) is 5.02. The fourth-order valence-electron chi connectivity index (χ4n) is 1.66. The lowest BCUT2D eigenvalue weighted by molar-refractivity contribution is -0.137. The summed E-state index contributed by atoms with van der Waals surface area (Å²) in [7, 11) is 0. The third-order valence-corrected chi connectivity index (χ3v) is 4.46. The highest BCUT2D eigenvalue weighted by molar-refractivity contribution is 9.10. The van der Waals surface area contributed by atoms with Crippen molar-refractivity contribution < 1.29 is 22.5 Å². The van der Waals surface area contributed by atoms with Crippen LogP contribution in [0, 0.1) is 0 Å². The molecule has 0 spiro atoms. The van der Waals surface area contributed by atoms with Gasteiger partial charge in [0.15, 0.2) is 0 Å². The first-order valence-corrected chi connectivity index (χ1v) is 8.63. The number of thioether (sulfide) groups is 1. The summed E-state index contributed by atoms with van der Waals surface area (Å²) in [5.74, 6) is 0.234. The molecule has 0 saturated heterocycles. The minimum Gasteiger partial charge on any atom is -0.346 e. The molecule has 1 aromatic carbocycles. The number of rotatable bonds is 6. The number of aromatic nitrogens is 2. The maximum atomic E-state index is 12.1. The van der Waals surface area contributed by atoms with Crippen LogP contribution in [0.15, 0.2) is 33.3 Å². The second-order valence-corrected chi connectivity index (χ2v) is 7.05. The van der Waals surface area contributed by atoms with Crippen molar-refractivity contribution in [1.29, 1.82) is 0 Å². The second kappa shape index (κ2) is 8.02. The van der Waals surface area contributed by atoms with Crippen molar-refractivity contribution in [1.82, 2.24) is 15.5 Å². The fraction of sp³-hybridized carbons (Fsp3) is 0.357. The van der Waals surface area contributed by atoms with Crippen molar-refractivity contribution in [3.63, 3.8) is 0 Å². The maximum absolute atomic E-state index is 12.1. The molecule has 1 heterocycles.